The predicted molar refractivity (Wildman–Crippen MR) is 191 cm³/mol. The van der Waals surface area contributed by atoms with E-state index in [-0.39, 0.29) is 41.8 Å². The highest BCUT2D eigenvalue weighted by Crippen LogP contribution is 2.30. The van der Waals surface area contributed by atoms with Crippen molar-refractivity contribution in [2.24, 2.45) is 5.92 Å². The van der Waals surface area contributed by atoms with Crippen molar-refractivity contribution < 1.29 is 27.9 Å². The van der Waals surface area contributed by atoms with Crippen molar-refractivity contribution >= 4 is 38.9 Å². The van der Waals surface area contributed by atoms with E-state index < -0.39 is 16.1 Å². The Kier molecular flexibility index (Phi) is 11.2. The Morgan fingerprint density at radius 1 is 1.04 bits per heavy atom. The Balaban J connectivity index is 1.32. The maximum Gasteiger partial charge on any atom is 0.261 e. The first-order chi connectivity index (χ1) is 23.4. The lowest BCUT2D eigenvalue weighted by atomic mass is 10.0. The Morgan fingerprint density at radius 2 is 1.73 bits per heavy atom. The van der Waals surface area contributed by atoms with Crippen LogP contribution in [0.15, 0.2) is 102 Å². The molecule has 12 heteroatoms. The van der Waals surface area contributed by atoms with E-state index in [0.29, 0.717) is 53.6 Å². The molecule has 0 fully saturated rings. The van der Waals surface area contributed by atoms with Crippen LogP contribution in [0.2, 0.25) is 0 Å². The van der Waals surface area contributed by atoms with Crippen molar-refractivity contribution in [3.8, 4) is 5.75 Å². The van der Waals surface area contributed by atoms with Gasteiger partial charge < -0.3 is 25.8 Å². The van der Waals surface area contributed by atoms with E-state index in [2.05, 4.69) is 14.9 Å². The molecule has 1 aliphatic rings. The maximum atomic E-state index is 13.6. The zero-order valence-electron chi connectivity index (χ0n) is 27.9. The molecule has 0 bridgehead atoms. The number of nitrogen functional groups attached to an aromatic ring is 1. The number of aliphatic hydroxyl groups is 1. The van der Waals surface area contributed by atoms with Gasteiger partial charge in [-0.1, -0.05) is 49.4 Å². The first-order valence-electron chi connectivity index (χ1n) is 16.1. The van der Waals surface area contributed by atoms with Crippen LogP contribution < -0.4 is 20.5 Å². The molecule has 0 spiro atoms. The van der Waals surface area contributed by atoms with Crippen molar-refractivity contribution in [1.82, 2.24) is 9.80 Å². The number of hydrogen-bond donors (Lipinski definition) is 4. The monoisotopic (exact) mass is 685 g/mol. The SMILES string of the molecule is C[C@@H]1CN([C@H](C)CO)C(=O)Cc2cc(NS(=O)(=O)c3ccccc3)ccc2O[C@H]1CN(C)Cc1ccc(C(=O)Nc2ccccc2N)cc1. The Labute approximate surface area is 287 Å². The zero-order chi connectivity index (χ0) is 35.1. The Morgan fingerprint density at radius 3 is 2.43 bits per heavy atom. The number of ether oxygens (including phenoxy) is 1. The van der Waals surface area contributed by atoms with Crippen molar-refractivity contribution in [2.75, 3.05) is 42.5 Å². The van der Waals surface area contributed by atoms with Gasteiger partial charge in [-0.2, -0.15) is 0 Å². The number of amides is 2. The second-order valence-corrected chi connectivity index (χ2v) is 14.2. The summed E-state index contributed by atoms with van der Waals surface area (Å²) in [6.07, 6.45) is -0.372. The minimum absolute atomic E-state index is 0.0212. The van der Waals surface area contributed by atoms with Crippen LogP contribution in [0, 0.1) is 5.92 Å². The maximum absolute atomic E-state index is 13.6. The number of anilines is 3. The molecular weight excluding hydrogens is 643 g/mol. The number of benzene rings is 4. The molecular formula is C37H43N5O6S. The fraction of sp³-hybridized carbons (Fsp3) is 0.297. The molecule has 0 radical (unpaired) electrons. The minimum atomic E-state index is -3.85. The van der Waals surface area contributed by atoms with Gasteiger partial charge in [-0.05, 0) is 74.1 Å². The van der Waals surface area contributed by atoms with Crippen LogP contribution in [-0.4, -0.2) is 74.0 Å². The zero-order valence-corrected chi connectivity index (χ0v) is 28.7. The Hall–Kier alpha value is -4.91. The minimum Gasteiger partial charge on any atom is -0.488 e. The van der Waals surface area contributed by atoms with Gasteiger partial charge in [-0.3, -0.25) is 19.2 Å². The molecule has 0 aliphatic carbocycles. The summed E-state index contributed by atoms with van der Waals surface area (Å²) in [7, 11) is -1.87. The van der Waals surface area contributed by atoms with Gasteiger partial charge in [0, 0.05) is 42.4 Å². The third kappa shape index (κ3) is 8.96. The van der Waals surface area contributed by atoms with Gasteiger partial charge in [-0.15, -0.1) is 0 Å². The van der Waals surface area contributed by atoms with Gasteiger partial charge in [0.05, 0.1) is 35.3 Å². The molecule has 4 aromatic rings. The summed E-state index contributed by atoms with van der Waals surface area (Å²) >= 11 is 0. The van der Waals surface area contributed by atoms with E-state index in [1.54, 1.807) is 78.6 Å². The van der Waals surface area contributed by atoms with Crippen LogP contribution in [0.5, 0.6) is 5.75 Å². The standard InChI is InChI=1S/C37H43N5O6S/c1-25-21-42(26(2)24-43)36(44)20-29-19-30(40-49(46,47)31-9-5-4-6-10-31)17-18-34(29)48-35(25)23-41(3)22-27-13-15-28(16-14-27)37(45)39-33-12-8-7-11-32(33)38/h4-19,25-26,35,40,43H,20-24,38H2,1-3H3,(H,39,45)/t25-,26-,35+/m1/s1. The number of rotatable bonds is 11. The topological polar surface area (TPSA) is 154 Å². The summed E-state index contributed by atoms with van der Waals surface area (Å²) in [5.74, 6) is -0.0563. The molecule has 5 rings (SSSR count). The number of aliphatic hydroxyl groups excluding tert-OH is 1. The molecule has 49 heavy (non-hydrogen) atoms. The summed E-state index contributed by atoms with van der Waals surface area (Å²) in [6, 6.07) is 27.1. The number of carbonyl (C=O) groups is 2. The lowest BCUT2D eigenvalue weighted by Gasteiger charge is -2.34. The van der Waals surface area contributed by atoms with E-state index >= 15 is 0 Å². The molecule has 258 valence electrons. The average molecular weight is 686 g/mol. The second-order valence-electron chi connectivity index (χ2n) is 12.6. The lowest BCUT2D eigenvalue weighted by Crippen LogP contribution is -2.47. The van der Waals surface area contributed by atoms with Crippen molar-refractivity contribution in [2.45, 2.75) is 43.9 Å². The van der Waals surface area contributed by atoms with Gasteiger partial charge >= 0.3 is 0 Å². The number of hydrogen-bond acceptors (Lipinski definition) is 8. The summed E-state index contributed by atoms with van der Waals surface area (Å²) in [5.41, 5.74) is 9.37. The van der Waals surface area contributed by atoms with Crippen LogP contribution in [0.3, 0.4) is 0 Å². The average Bonchev–Trinajstić information content (AvgIpc) is 3.13. The van der Waals surface area contributed by atoms with E-state index in [0.717, 1.165) is 5.56 Å². The highest BCUT2D eigenvalue weighted by Gasteiger charge is 2.31. The molecule has 1 aliphatic heterocycles. The number of nitrogens with one attached hydrogen (secondary N) is 2. The number of nitrogens with two attached hydrogens (primary N) is 1. The molecule has 4 aromatic carbocycles. The molecule has 1 heterocycles. The number of likely N-dealkylation sites (N-methyl/N-ethyl adjacent to an activating group) is 1. The third-order valence-corrected chi connectivity index (χ3v) is 9.99. The number of fused-ring (bicyclic) bond motifs is 1. The molecule has 3 atom stereocenters. The first-order valence-corrected chi connectivity index (χ1v) is 17.6. The second kappa shape index (κ2) is 15.5. The molecule has 0 saturated carbocycles. The molecule has 2 amide bonds. The highest BCUT2D eigenvalue weighted by molar-refractivity contribution is 7.92. The fourth-order valence-corrected chi connectivity index (χ4v) is 6.85. The fourth-order valence-electron chi connectivity index (χ4n) is 5.77. The van der Waals surface area contributed by atoms with Crippen LogP contribution in [0.4, 0.5) is 17.1 Å². The van der Waals surface area contributed by atoms with Gasteiger partial charge in [0.1, 0.15) is 11.9 Å². The highest BCUT2D eigenvalue weighted by atomic mass is 32.2. The quantitative estimate of drug-likeness (QED) is 0.167. The largest absolute Gasteiger partial charge is 0.488 e. The summed E-state index contributed by atoms with van der Waals surface area (Å²) in [4.78, 5) is 30.3. The van der Waals surface area contributed by atoms with Crippen LogP contribution in [-0.2, 0) is 27.8 Å². The molecule has 11 nitrogen and oxygen atoms in total. The molecule has 5 N–H and O–H groups in total. The van der Waals surface area contributed by atoms with Crippen LogP contribution in [0.1, 0.15) is 35.3 Å². The number of nitrogens with zero attached hydrogens (tertiary/aromatic N) is 2. The van der Waals surface area contributed by atoms with Crippen molar-refractivity contribution in [3.63, 3.8) is 0 Å². The lowest BCUT2D eigenvalue weighted by molar-refractivity contribution is -0.134. The van der Waals surface area contributed by atoms with E-state index in [1.165, 1.54) is 12.1 Å². The summed E-state index contributed by atoms with van der Waals surface area (Å²) in [5, 5.41) is 12.8. The third-order valence-electron chi connectivity index (χ3n) is 8.59. The molecule has 0 saturated heterocycles. The normalized spacial score (nSPS) is 17.2. The smallest absolute Gasteiger partial charge is 0.261 e. The number of para-hydroxylation sites is 2. The van der Waals surface area contributed by atoms with Gasteiger partial charge in [0.15, 0.2) is 0 Å². The number of sulfonamides is 1. The van der Waals surface area contributed by atoms with Crippen molar-refractivity contribution in [3.05, 3.63) is 114 Å². The van der Waals surface area contributed by atoms with Gasteiger partial charge in [0.2, 0.25) is 5.91 Å². The number of carbonyl (C=O) groups excluding carboxylic acids is 2. The van der Waals surface area contributed by atoms with E-state index in [9.17, 15) is 23.1 Å². The van der Waals surface area contributed by atoms with Crippen LogP contribution >= 0.6 is 0 Å². The molecule has 0 aromatic heterocycles. The van der Waals surface area contributed by atoms with Crippen molar-refractivity contribution in [1.29, 1.82) is 0 Å². The summed E-state index contributed by atoms with van der Waals surface area (Å²) in [6.45, 7) is 5.07. The molecule has 0 unspecified atom stereocenters. The first kappa shape index (κ1) is 35.4. The van der Waals surface area contributed by atoms with Crippen LogP contribution in [0.25, 0.3) is 0 Å². The van der Waals surface area contributed by atoms with Gasteiger partial charge in [-0.25, -0.2) is 8.42 Å². The van der Waals surface area contributed by atoms with Gasteiger partial charge in [0.25, 0.3) is 15.9 Å². The van der Waals surface area contributed by atoms with E-state index in [4.69, 9.17) is 10.5 Å². The summed E-state index contributed by atoms with van der Waals surface area (Å²) < 4.78 is 35.3. The van der Waals surface area contributed by atoms with E-state index in [1.807, 2.05) is 32.2 Å². The Bertz CT molecular complexity index is 1870. The predicted octanol–water partition coefficient (Wildman–Crippen LogP) is 4.60.